The standard InChI is InChI=1S/C23H20FN5O/c24-22-10-9-18(14-21(22)23-26-28-29-27-23)19(11-16-5-2-1-3-6-16)12-17-7-4-8-20(13-17)25-15-30/h1-10,13-15,19H,11-12H2,(H,25,30)(H,26,27,28,29). The minimum absolute atomic E-state index is 0.0881. The molecule has 7 heteroatoms. The number of aromatic nitrogens is 4. The number of hydrogen-bond donors (Lipinski definition) is 2. The van der Waals surface area contributed by atoms with Crippen LogP contribution in [0, 0.1) is 5.82 Å². The molecule has 30 heavy (non-hydrogen) atoms. The molecule has 0 aliphatic heterocycles. The molecule has 0 saturated heterocycles. The summed E-state index contributed by atoms with van der Waals surface area (Å²) in [5.41, 5.74) is 4.31. The van der Waals surface area contributed by atoms with Gasteiger partial charge in [0, 0.05) is 5.69 Å². The molecule has 150 valence electrons. The molecule has 1 amide bonds. The van der Waals surface area contributed by atoms with Gasteiger partial charge in [-0.3, -0.25) is 4.79 Å². The second-order valence-corrected chi connectivity index (χ2v) is 7.03. The van der Waals surface area contributed by atoms with Gasteiger partial charge in [-0.15, -0.1) is 10.2 Å². The summed E-state index contributed by atoms with van der Waals surface area (Å²) in [6, 6.07) is 23.0. The van der Waals surface area contributed by atoms with Crippen molar-refractivity contribution in [1.82, 2.24) is 20.6 Å². The molecule has 4 rings (SSSR count). The Kier molecular flexibility index (Phi) is 5.89. The van der Waals surface area contributed by atoms with Gasteiger partial charge in [-0.2, -0.15) is 5.21 Å². The van der Waals surface area contributed by atoms with Gasteiger partial charge in [0.25, 0.3) is 0 Å². The Hall–Kier alpha value is -3.87. The Bertz CT molecular complexity index is 1120. The molecule has 1 atom stereocenters. The van der Waals surface area contributed by atoms with E-state index in [4.69, 9.17) is 0 Å². The van der Waals surface area contributed by atoms with E-state index in [1.54, 1.807) is 12.1 Å². The van der Waals surface area contributed by atoms with Crippen molar-refractivity contribution in [3.8, 4) is 11.4 Å². The van der Waals surface area contributed by atoms with Gasteiger partial charge in [0.1, 0.15) is 5.82 Å². The Morgan fingerprint density at radius 1 is 0.967 bits per heavy atom. The maximum atomic E-state index is 14.4. The predicted octanol–water partition coefficient (Wildman–Crippen LogP) is 4.14. The van der Waals surface area contributed by atoms with E-state index in [9.17, 15) is 9.18 Å². The van der Waals surface area contributed by atoms with Crippen LogP contribution in [0.5, 0.6) is 0 Å². The number of benzene rings is 3. The lowest BCUT2D eigenvalue weighted by Gasteiger charge is -2.19. The fourth-order valence-electron chi connectivity index (χ4n) is 3.59. The van der Waals surface area contributed by atoms with E-state index in [0.717, 1.165) is 29.7 Å². The zero-order valence-corrected chi connectivity index (χ0v) is 16.1. The zero-order valence-electron chi connectivity index (χ0n) is 16.1. The van der Waals surface area contributed by atoms with Crippen molar-refractivity contribution >= 4 is 12.1 Å². The first kappa shape index (κ1) is 19.4. The first-order valence-electron chi connectivity index (χ1n) is 9.59. The summed E-state index contributed by atoms with van der Waals surface area (Å²) in [4.78, 5) is 10.8. The van der Waals surface area contributed by atoms with Crippen molar-refractivity contribution < 1.29 is 9.18 Å². The largest absolute Gasteiger partial charge is 0.329 e. The summed E-state index contributed by atoms with van der Waals surface area (Å²) >= 11 is 0. The second-order valence-electron chi connectivity index (χ2n) is 7.03. The van der Waals surface area contributed by atoms with Crippen LogP contribution in [0.15, 0.2) is 72.8 Å². The predicted molar refractivity (Wildman–Crippen MR) is 112 cm³/mol. The Morgan fingerprint density at radius 3 is 2.53 bits per heavy atom. The molecule has 0 aliphatic carbocycles. The molecule has 1 aromatic heterocycles. The van der Waals surface area contributed by atoms with Crippen LogP contribution < -0.4 is 5.32 Å². The maximum Gasteiger partial charge on any atom is 0.211 e. The van der Waals surface area contributed by atoms with E-state index in [2.05, 4.69) is 38.1 Å². The van der Waals surface area contributed by atoms with Crippen LogP contribution in [0.3, 0.4) is 0 Å². The van der Waals surface area contributed by atoms with Crippen LogP contribution >= 0.6 is 0 Å². The summed E-state index contributed by atoms with van der Waals surface area (Å²) < 4.78 is 14.4. The molecule has 1 unspecified atom stereocenters. The van der Waals surface area contributed by atoms with E-state index in [1.165, 1.54) is 11.6 Å². The lowest BCUT2D eigenvalue weighted by atomic mass is 9.86. The van der Waals surface area contributed by atoms with Gasteiger partial charge >= 0.3 is 0 Å². The third kappa shape index (κ3) is 4.57. The normalized spacial score (nSPS) is 11.8. The molecule has 1 heterocycles. The molecular weight excluding hydrogens is 381 g/mol. The summed E-state index contributed by atoms with van der Waals surface area (Å²) in [5.74, 6) is -0.0779. The Labute approximate surface area is 173 Å². The molecule has 0 aliphatic rings. The average Bonchev–Trinajstić information content (AvgIpc) is 3.30. The molecule has 0 bridgehead atoms. The van der Waals surface area contributed by atoms with Crippen LogP contribution in [0.25, 0.3) is 11.4 Å². The summed E-state index contributed by atoms with van der Waals surface area (Å²) in [6.07, 6.45) is 2.17. The number of amides is 1. The third-order valence-electron chi connectivity index (χ3n) is 5.01. The SMILES string of the molecule is O=CNc1cccc(CC(Cc2ccccc2)c2ccc(F)c(-c3nn[nH]n3)c2)c1. The topological polar surface area (TPSA) is 83.6 Å². The number of aromatic amines is 1. The lowest BCUT2D eigenvalue weighted by molar-refractivity contribution is -0.105. The van der Waals surface area contributed by atoms with Gasteiger partial charge in [0.05, 0.1) is 5.56 Å². The van der Waals surface area contributed by atoms with E-state index in [0.29, 0.717) is 12.0 Å². The van der Waals surface area contributed by atoms with E-state index in [-0.39, 0.29) is 11.7 Å². The smallest absolute Gasteiger partial charge is 0.211 e. The van der Waals surface area contributed by atoms with Gasteiger partial charge < -0.3 is 5.32 Å². The van der Waals surface area contributed by atoms with Gasteiger partial charge in [-0.05, 0) is 64.9 Å². The van der Waals surface area contributed by atoms with Crippen molar-refractivity contribution in [1.29, 1.82) is 0 Å². The fourth-order valence-corrected chi connectivity index (χ4v) is 3.59. The van der Waals surface area contributed by atoms with Crippen LogP contribution in [0.1, 0.15) is 22.6 Å². The van der Waals surface area contributed by atoms with Gasteiger partial charge in [0.2, 0.25) is 12.2 Å². The second kappa shape index (κ2) is 9.09. The molecule has 0 saturated carbocycles. The Balaban J connectivity index is 1.69. The van der Waals surface area contributed by atoms with Gasteiger partial charge in [-0.25, -0.2) is 4.39 Å². The molecule has 3 aromatic carbocycles. The van der Waals surface area contributed by atoms with Crippen LogP contribution in [-0.4, -0.2) is 27.0 Å². The van der Waals surface area contributed by atoms with Gasteiger partial charge in [0.15, 0.2) is 0 Å². The van der Waals surface area contributed by atoms with Crippen molar-refractivity contribution in [2.45, 2.75) is 18.8 Å². The molecule has 4 aromatic rings. The minimum atomic E-state index is -0.393. The van der Waals surface area contributed by atoms with Gasteiger partial charge in [-0.1, -0.05) is 48.5 Å². The monoisotopic (exact) mass is 401 g/mol. The molecule has 6 nitrogen and oxygen atoms in total. The highest BCUT2D eigenvalue weighted by Crippen LogP contribution is 2.30. The van der Waals surface area contributed by atoms with E-state index < -0.39 is 5.82 Å². The maximum absolute atomic E-state index is 14.4. The number of nitrogens with zero attached hydrogens (tertiary/aromatic N) is 3. The van der Waals surface area contributed by atoms with Crippen molar-refractivity contribution in [2.75, 3.05) is 5.32 Å². The fraction of sp³-hybridized carbons (Fsp3) is 0.130. The lowest BCUT2D eigenvalue weighted by Crippen LogP contribution is -2.08. The summed E-state index contributed by atoms with van der Waals surface area (Å²) in [5, 5.41) is 16.4. The summed E-state index contributed by atoms with van der Waals surface area (Å²) in [6.45, 7) is 0. The van der Waals surface area contributed by atoms with Crippen LogP contribution in [0.2, 0.25) is 0 Å². The number of carbonyl (C=O) groups is 1. The molecule has 0 spiro atoms. The van der Waals surface area contributed by atoms with Crippen LogP contribution in [0.4, 0.5) is 10.1 Å². The minimum Gasteiger partial charge on any atom is -0.329 e. The first-order chi connectivity index (χ1) is 14.7. The summed E-state index contributed by atoms with van der Waals surface area (Å²) in [7, 11) is 0. The van der Waals surface area contributed by atoms with Crippen LogP contribution in [-0.2, 0) is 17.6 Å². The number of tetrazole rings is 1. The molecule has 0 radical (unpaired) electrons. The molecule has 2 N–H and O–H groups in total. The number of anilines is 1. The van der Waals surface area contributed by atoms with Crippen molar-refractivity contribution in [2.24, 2.45) is 0 Å². The number of carbonyl (C=O) groups excluding carboxylic acids is 1. The highest BCUT2D eigenvalue weighted by atomic mass is 19.1. The average molecular weight is 401 g/mol. The number of halogens is 1. The number of hydrogen-bond acceptors (Lipinski definition) is 4. The highest BCUT2D eigenvalue weighted by Gasteiger charge is 2.18. The molecular formula is C23H20FN5O. The highest BCUT2D eigenvalue weighted by molar-refractivity contribution is 5.71. The molecule has 0 fully saturated rings. The van der Waals surface area contributed by atoms with E-state index >= 15 is 0 Å². The zero-order chi connectivity index (χ0) is 20.8. The number of nitrogens with one attached hydrogen (secondary N) is 2. The van der Waals surface area contributed by atoms with E-state index in [1.807, 2.05) is 42.5 Å². The quantitative estimate of drug-likeness (QED) is 0.435. The number of H-pyrrole nitrogens is 1. The third-order valence-corrected chi connectivity index (χ3v) is 5.01. The first-order valence-corrected chi connectivity index (χ1v) is 9.59. The van der Waals surface area contributed by atoms with Crippen molar-refractivity contribution in [3.05, 3.63) is 95.3 Å². The van der Waals surface area contributed by atoms with Crippen molar-refractivity contribution in [3.63, 3.8) is 0 Å². The number of rotatable bonds is 8. The Morgan fingerprint density at radius 2 is 1.77 bits per heavy atom.